The predicted molar refractivity (Wildman–Crippen MR) is 129 cm³/mol. The van der Waals surface area contributed by atoms with Gasteiger partial charge in [0.25, 0.3) is 0 Å². The molecule has 1 saturated heterocycles. The Morgan fingerprint density at radius 1 is 1.00 bits per heavy atom. The van der Waals surface area contributed by atoms with Gasteiger partial charge in [-0.15, -0.1) is 0 Å². The summed E-state index contributed by atoms with van der Waals surface area (Å²) in [5.41, 5.74) is 5.67. The molecule has 0 bridgehead atoms. The van der Waals surface area contributed by atoms with Crippen molar-refractivity contribution in [1.29, 1.82) is 0 Å². The van der Waals surface area contributed by atoms with Crippen molar-refractivity contribution in [3.05, 3.63) is 77.1 Å². The van der Waals surface area contributed by atoms with Crippen molar-refractivity contribution in [3.8, 4) is 23.0 Å². The molecule has 1 aliphatic heterocycles. The number of imidazole rings is 1. The Labute approximate surface area is 192 Å². The van der Waals surface area contributed by atoms with Gasteiger partial charge < -0.3 is 14.6 Å². The van der Waals surface area contributed by atoms with Gasteiger partial charge in [-0.3, -0.25) is 0 Å². The molecule has 2 aromatic carbocycles. The lowest BCUT2D eigenvalue weighted by atomic mass is 10.1. The maximum Gasteiger partial charge on any atom is 0.203 e. The molecular formula is C26H23ClN4O. The molecule has 0 aliphatic carbocycles. The molecule has 5 nitrogen and oxygen atoms in total. The Hall–Kier alpha value is -3.33. The second kappa shape index (κ2) is 9.04. The molecule has 32 heavy (non-hydrogen) atoms. The Kier molecular flexibility index (Phi) is 5.81. The maximum atomic E-state index is 5.97. The fourth-order valence-corrected chi connectivity index (χ4v) is 4.03. The summed E-state index contributed by atoms with van der Waals surface area (Å²) in [6, 6.07) is 18.2. The monoisotopic (exact) mass is 442 g/mol. The highest BCUT2D eigenvalue weighted by atomic mass is 35.5. The number of aromatic amines is 1. The van der Waals surface area contributed by atoms with Crippen molar-refractivity contribution >= 4 is 28.6 Å². The molecule has 0 spiro atoms. The first-order valence-electron chi connectivity index (χ1n) is 10.7. The van der Waals surface area contributed by atoms with E-state index >= 15 is 0 Å². The van der Waals surface area contributed by atoms with E-state index in [1.165, 1.54) is 0 Å². The number of anilines is 1. The number of benzene rings is 2. The second-order valence-corrected chi connectivity index (χ2v) is 8.37. The SMILES string of the molecule is CN(c1nc2cc(C#Cc3ccc(-c4ccc(Cl)cc4)cn3)ccc2[nH]1)C1CCOCC1. The lowest BCUT2D eigenvalue weighted by Gasteiger charge is -2.30. The van der Waals surface area contributed by atoms with Crippen LogP contribution in [0.25, 0.3) is 22.2 Å². The van der Waals surface area contributed by atoms with Crippen molar-refractivity contribution in [2.75, 3.05) is 25.2 Å². The minimum absolute atomic E-state index is 0.450. The molecule has 3 heterocycles. The van der Waals surface area contributed by atoms with Crippen LogP contribution in [0.4, 0.5) is 5.95 Å². The van der Waals surface area contributed by atoms with Crippen LogP contribution in [0.1, 0.15) is 24.1 Å². The highest BCUT2D eigenvalue weighted by Crippen LogP contribution is 2.23. The zero-order valence-corrected chi connectivity index (χ0v) is 18.6. The van der Waals surface area contributed by atoms with Crippen LogP contribution in [0.2, 0.25) is 5.02 Å². The lowest BCUT2D eigenvalue weighted by Crippen LogP contribution is -2.37. The number of aromatic nitrogens is 3. The van der Waals surface area contributed by atoms with Gasteiger partial charge in [0.2, 0.25) is 5.95 Å². The maximum absolute atomic E-state index is 5.97. The predicted octanol–water partition coefficient (Wildman–Crippen LogP) is 5.29. The lowest BCUT2D eigenvalue weighted by molar-refractivity contribution is 0.0852. The van der Waals surface area contributed by atoms with E-state index in [0.29, 0.717) is 6.04 Å². The van der Waals surface area contributed by atoms with Crippen LogP contribution < -0.4 is 4.90 Å². The number of rotatable bonds is 3. The van der Waals surface area contributed by atoms with E-state index in [4.69, 9.17) is 21.3 Å². The third-order valence-corrected chi connectivity index (χ3v) is 6.07. The average molecular weight is 443 g/mol. The van der Waals surface area contributed by atoms with E-state index in [1.807, 2.05) is 60.8 Å². The molecule has 1 fully saturated rings. The number of nitrogens with one attached hydrogen (secondary N) is 1. The van der Waals surface area contributed by atoms with Crippen molar-refractivity contribution in [1.82, 2.24) is 15.0 Å². The van der Waals surface area contributed by atoms with Crippen LogP contribution in [0, 0.1) is 11.8 Å². The molecule has 4 aromatic rings. The number of hydrogen-bond donors (Lipinski definition) is 1. The summed E-state index contributed by atoms with van der Waals surface area (Å²) >= 11 is 5.97. The van der Waals surface area contributed by atoms with Gasteiger partial charge in [-0.2, -0.15) is 0 Å². The molecule has 2 aromatic heterocycles. The molecule has 160 valence electrons. The number of pyridine rings is 1. The first kappa shape index (κ1) is 20.6. The number of H-pyrrole nitrogens is 1. The van der Waals surface area contributed by atoms with Crippen molar-refractivity contribution in [3.63, 3.8) is 0 Å². The Bertz CT molecular complexity index is 1280. The minimum Gasteiger partial charge on any atom is -0.381 e. The Balaban J connectivity index is 1.33. The van der Waals surface area contributed by atoms with Crippen LogP contribution in [-0.2, 0) is 4.74 Å². The van der Waals surface area contributed by atoms with Gasteiger partial charge in [0.05, 0.1) is 11.0 Å². The summed E-state index contributed by atoms with van der Waals surface area (Å²) in [5.74, 6) is 7.24. The van der Waals surface area contributed by atoms with Gasteiger partial charge in [0.15, 0.2) is 0 Å². The second-order valence-electron chi connectivity index (χ2n) is 7.94. The van der Waals surface area contributed by atoms with Gasteiger partial charge >= 0.3 is 0 Å². The van der Waals surface area contributed by atoms with E-state index in [-0.39, 0.29) is 0 Å². The molecular weight excluding hydrogens is 420 g/mol. The van der Waals surface area contributed by atoms with Crippen molar-refractivity contribution < 1.29 is 4.74 Å². The molecule has 0 unspecified atom stereocenters. The Morgan fingerprint density at radius 3 is 2.53 bits per heavy atom. The molecule has 0 atom stereocenters. The summed E-state index contributed by atoms with van der Waals surface area (Å²) in [5, 5.41) is 0.723. The largest absolute Gasteiger partial charge is 0.381 e. The summed E-state index contributed by atoms with van der Waals surface area (Å²) in [6.45, 7) is 1.62. The van der Waals surface area contributed by atoms with Crippen LogP contribution in [-0.4, -0.2) is 41.3 Å². The van der Waals surface area contributed by atoms with E-state index < -0.39 is 0 Å². The van der Waals surface area contributed by atoms with Gasteiger partial charge in [0, 0.05) is 48.6 Å². The van der Waals surface area contributed by atoms with E-state index in [2.05, 4.69) is 33.8 Å². The highest BCUT2D eigenvalue weighted by molar-refractivity contribution is 6.30. The summed E-state index contributed by atoms with van der Waals surface area (Å²) in [4.78, 5) is 14.9. The first-order chi connectivity index (χ1) is 15.7. The van der Waals surface area contributed by atoms with Gasteiger partial charge in [-0.1, -0.05) is 35.7 Å². The third kappa shape index (κ3) is 4.47. The normalized spacial score (nSPS) is 14.2. The molecule has 0 saturated carbocycles. The first-order valence-corrected chi connectivity index (χ1v) is 11.1. The molecule has 0 radical (unpaired) electrons. The average Bonchev–Trinajstić information content (AvgIpc) is 3.27. The third-order valence-electron chi connectivity index (χ3n) is 5.82. The van der Waals surface area contributed by atoms with Crippen molar-refractivity contribution in [2.24, 2.45) is 0 Å². The van der Waals surface area contributed by atoms with Crippen LogP contribution in [0.5, 0.6) is 0 Å². The minimum atomic E-state index is 0.450. The van der Waals surface area contributed by atoms with Crippen LogP contribution >= 0.6 is 11.6 Å². The van der Waals surface area contributed by atoms with E-state index in [9.17, 15) is 0 Å². The fraction of sp³-hybridized carbons (Fsp3) is 0.231. The number of nitrogens with zero attached hydrogens (tertiary/aromatic N) is 3. The smallest absolute Gasteiger partial charge is 0.203 e. The number of fused-ring (bicyclic) bond motifs is 1. The summed E-state index contributed by atoms with van der Waals surface area (Å²) in [6.07, 6.45) is 3.88. The molecule has 1 aliphatic rings. The van der Waals surface area contributed by atoms with E-state index in [0.717, 1.165) is 70.4 Å². The molecule has 6 heteroatoms. The topological polar surface area (TPSA) is 54.0 Å². The zero-order chi connectivity index (χ0) is 21.9. The fourth-order valence-electron chi connectivity index (χ4n) is 3.90. The quantitative estimate of drug-likeness (QED) is 0.438. The molecule has 1 N–H and O–H groups in total. The van der Waals surface area contributed by atoms with Crippen LogP contribution in [0.3, 0.4) is 0 Å². The summed E-state index contributed by atoms with van der Waals surface area (Å²) in [7, 11) is 2.09. The van der Waals surface area contributed by atoms with Crippen LogP contribution in [0.15, 0.2) is 60.8 Å². The molecule has 0 amide bonds. The van der Waals surface area contributed by atoms with Gasteiger partial charge in [0.1, 0.15) is 5.69 Å². The van der Waals surface area contributed by atoms with E-state index in [1.54, 1.807) is 0 Å². The van der Waals surface area contributed by atoms with Gasteiger partial charge in [-0.25, -0.2) is 9.97 Å². The zero-order valence-electron chi connectivity index (χ0n) is 17.8. The van der Waals surface area contributed by atoms with Gasteiger partial charge in [-0.05, 0) is 60.7 Å². The number of hydrogen-bond acceptors (Lipinski definition) is 4. The van der Waals surface area contributed by atoms with Crippen molar-refractivity contribution in [2.45, 2.75) is 18.9 Å². The highest BCUT2D eigenvalue weighted by Gasteiger charge is 2.20. The standard InChI is InChI=1S/C26H23ClN4O/c1-31(23-12-14-32-15-13-23)26-29-24-11-3-18(16-25(24)30-26)2-9-22-10-6-20(17-28-22)19-4-7-21(27)8-5-19/h3-8,10-11,16-17,23H,12-15H2,1H3,(H,29,30). The molecule has 5 rings (SSSR count). The summed E-state index contributed by atoms with van der Waals surface area (Å²) < 4.78 is 5.47. The number of ether oxygens (including phenoxy) is 1. The number of halogens is 1. The Morgan fingerprint density at radius 2 is 1.78 bits per heavy atom.